The highest BCUT2D eigenvalue weighted by atomic mass is 32.1. The highest BCUT2D eigenvalue weighted by Gasteiger charge is 2.13. The molecule has 21 heavy (non-hydrogen) atoms. The largest absolute Gasteiger partial charge is 0.495 e. The van der Waals surface area contributed by atoms with E-state index >= 15 is 0 Å². The Hall–Kier alpha value is -2.08. The number of hydrogen-bond acceptors (Lipinski definition) is 3. The Kier molecular flexibility index (Phi) is 4.80. The molecule has 0 radical (unpaired) electrons. The third kappa shape index (κ3) is 3.72. The van der Waals surface area contributed by atoms with Gasteiger partial charge in [0.2, 0.25) is 0 Å². The Balaban J connectivity index is 2.03. The predicted molar refractivity (Wildman–Crippen MR) is 88.7 cm³/mol. The van der Waals surface area contributed by atoms with Gasteiger partial charge in [0.15, 0.2) is 5.11 Å². The first-order valence-electron chi connectivity index (χ1n) is 6.72. The van der Waals surface area contributed by atoms with Gasteiger partial charge in [0, 0.05) is 18.8 Å². The second kappa shape index (κ2) is 6.58. The van der Waals surface area contributed by atoms with Gasteiger partial charge in [-0.05, 0) is 38.2 Å². The van der Waals surface area contributed by atoms with Crippen molar-refractivity contribution in [2.75, 3.05) is 12.4 Å². The van der Waals surface area contributed by atoms with E-state index in [9.17, 15) is 0 Å². The molecule has 1 aromatic heterocycles. The van der Waals surface area contributed by atoms with Crippen molar-refractivity contribution in [3.8, 4) is 5.75 Å². The fourth-order valence-corrected chi connectivity index (χ4v) is 2.51. The normalized spacial score (nSPS) is 11.8. The summed E-state index contributed by atoms with van der Waals surface area (Å²) in [5.74, 6) is 0.756. The van der Waals surface area contributed by atoms with Crippen molar-refractivity contribution < 1.29 is 4.74 Å². The van der Waals surface area contributed by atoms with E-state index in [1.807, 2.05) is 44.4 Å². The van der Waals surface area contributed by atoms with Gasteiger partial charge in [-0.2, -0.15) is 5.10 Å². The molecule has 1 unspecified atom stereocenters. The van der Waals surface area contributed by atoms with Crippen LogP contribution in [-0.4, -0.2) is 22.0 Å². The summed E-state index contributed by atoms with van der Waals surface area (Å²) in [5.41, 5.74) is 2.96. The van der Waals surface area contributed by atoms with Crippen LogP contribution in [0.4, 0.5) is 5.69 Å². The number of methoxy groups -OCH3 is 1. The first kappa shape index (κ1) is 15.3. The number of para-hydroxylation sites is 2. The topological polar surface area (TPSA) is 51.1 Å². The van der Waals surface area contributed by atoms with Crippen LogP contribution >= 0.6 is 12.2 Å². The van der Waals surface area contributed by atoms with Gasteiger partial charge in [-0.1, -0.05) is 12.1 Å². The molecular formula is C15H20N4OS. The maximum absolute atomic E-state index is 5.36. The Morgan fingerprint density at radius 3 is 2.71 bits per heavy atom. The van der Waals surface area contributed by atoms with E-state index in [-0.39, 0.29) is 6.04 Å². The SMILES string of the molecule is COc1ccccc1NC(=S)NC(C)c1cn(C)nc1C. The van der Waals surface area contributed by atoms with Gasteiger partial charge in [-0.15, -0.1) is 0 Å². The van der Waals surface area contributed by atoms with Gasteiger partial charge in [-0.3, -0.25) is 4.68 Å². The quantitative estimate of drug-likeness (QED) is 0.851. The Morgan fingerprint density at radius 2 is 2.10 bits per heavy atom. The van der Waals surface area contributed by atoms with Crippen molar-refractivity contribution in [3.63, 3.8) is 0 Å². The van der Waals surface area contributed by atoms with Gasteiger partial charge >= 0.3 is 0 Å². The summed E-state index contributed by atoms with van der Waals surface area (Å²) < 4.78 is 7.10. The van der Waals surface area contributed by atoms with Crippen LogP contribution in [0.5, 0.6) is 5.75 Å². The molecular weight excluding hydrogens is 284 g/mol. The molecule has 2 N–H and O–H groups in total. The number of benzene rings is 1. The summed E-state index contributed by atoms with van der Waals surface area (Å²) in [4.78, 5) is 0. The van der Waals surface area contributed by atoms with Gasteiger partial charge in [0.05, 0.1) is 24.5 Å². The van der Waals surface area contributed by atoms with E-state index in [1.54, 1.807) is 11.8 Å². The van der Waals surface area contributed by atoms with Crippen LogP contribution in [0.15, 0.2) is 30.5 Å². The summed E-state index contributed by atoms with van der Waals surface area (Å²) in [6.07, 6.45) is 2.00. The molecule has 0 spiro atoms. The van der Waals surface area contributed by atoms with Crippen LogP contribution in [0.25, 0.3) is 0 Å². The molecule has 0 saturated heterocycles. The molecule has 112 valence electrons. The third-order valence-corrected chi connectivity index (χ3v) is 3.44. The second-order valence-corrected chi connectivity index (χ2v) is 5.27. The molecule has 0 aliphatic rings. The molecule has 1 atom stereocenters. The van der Waals surface area contributed by atoms with Crippen molar-refractivity contribution in [2.45, 2.75) is 19.9 Å². The van der Waals surface area contributed by atoms with Crippen LogP contribution in [-0.2, 0) is 7.05 Å². The van der Waals surface area contributed by atoms with E-state index in [0.29, 0.717) is 5.11 Å². The second-order valence-electron chi connectivity index (χ2n) is 4.86. The number of rotatable bonds is 4. The summed E-state index contributed by atoms with van der Waals surface area (Å²) >= 11 is 5.36. The fraction of sp³-hybridized carbons (Fsp3) is 0.333. The molecule has 0 aliphatic carbocycles. The minimum Gasteiger partial charge on any atom is -0.495 e. The zero-order valence-corrected chi connectivity index (χ0v) is 13.5. The molecule has 1 aromatic carbocycles. The molecule has 2 aromatic rings. The minimum atomic E-state index is 0.0772. The Labute approximate surface area is 130 Å². The Bertz CT molecular complexity index is 638. The molecule has 5 nitrogen and oxygen atoms in total. The molecule has 0 fully saturated rings. The first-order chi connectivity index (χ1) is 10.0. The summed E-state index contributed by atoms with van der Waals surface area (Å²) in [6, 6.07) is 7.74. The molecule has 1 heterocycles. The molecule has 0 aliphatic heterocycles. The number of thiocarbonyl (C=S) groups is 1. The summed E-state index contributed by atoms with van der Waals surface area (Å²) in [7, 11) is 3.55. The van der Waals surface area contributed by atoms with Gasteiger partial charge in [-0.25, -0.2) is 0 Å². The number of ether oxygens (including phenoxy) is 1. The Morgan fingerprint density at radius 1 is 1.38 bits per heavy atom. The van der Waals surface area contributed by atoms with E-state index in [4.69, 9.17) is 17.0 Å². The average molecular weight is 304 g/mol. The maximum Gasteiger partial charge on any atom is 0.171 e. The van der Waals surface area contributed by atoms with Crippen molar-refractivity contribution >= 4 is 23.0 Å². The van der Waals surface area contributed by atoms with Crippen LogP contribution in [0.1, 0.15) is 24.2 Å². The van der Waals surface area contributed by atoms with Crippen molar-refractivity contribution in [1.29, 1.82) is 0 Å². The molecule has 0 bridgehead atoms. The lowest BCUT2D eigenvalue weighted by Gasteiger charge is -2.17. The maximum atomic E-state index is 5.36. The zero-order chi connectivity index (χ0) is 15.4. The zero-order valence-electron chi connectivity index (χ0n) is 12.7. The number of aromatic nitrogens is 2. The molecule has 0 saturated carbocycles. The van der Waals surface area contributed by atoms with Crippen LogP contribution < -0.4 is 15.4 Å². The number of hydrogen-bond donors (Lipinski definition) is 2. The number of anilines is 1. The molecule has 0 amide bonds. The van der Waals surface area contributed by atoms with Gasteiger partial charge in [0.1, 0.15) is 5.75 Å². The fourth-order valence-electron chi connectivity index (χ4n) is 2.22. The average Bonchev–Trinajstić information content (AvgIpc) is 2.78. The van der Waals surface area contributed by atoms with Crippen LogP contribution in [0, 0.1) is 6.92 Å². The van der Waals surface area contributed by atoms with Gasteiger partial charge < -0.3 is 15.4 Å². The lowest BCUT2D eigenvalue weighted by Crippen LogP contribution is -2.31. The van der Waals surface area contributed by atoms with Gasteiger partial charge in [0.25, 0.3) is 0 Å². The smallest absolute Gasteiger partial charge is 0.171 e. The van der Waals surface area contributed by atoms with E-state index in [1.165, 1.54) is 0 Å². The van der Waals surface area contributed by atoms with E-state index < -0.39 is 0 Å². The molecule has 2 rings (SSSR count). The predicted octanol–water partition coefficient (Wildman–Crippen LogP) is 2.78. The lowest BCUT2D eigenvalue weighted by atomic mass is 10.1. The monoisotopic (exact) mass is 304 g/mol. The third-order valence-electron chi connectivity index (χ3n) is 3.22. The highest BCUT2D eigenvalue weighted by molar-refractivity contribution is 7.80. The summed E-state index contributed by atoms with van der Waals surface area (Å²) in [5, 5.41) is 11.3. The minimum absolute atomic E-state index is 0.0772. The van der Waals surface area contributed by atoms with E-state index in [2.05, 4.69) is 22.7 Å². The molecule has 6 heteroatoms. The first-order valence-corrected chi connectivity index (χ1v) is 7.12. The van der Waals surface area contributed by atoms with Crippen molar-refractivity contribution in [1.82, 2.24) is 15.1 Å². The summed E-state index contributed by atoms with van der Waals surface area (Å²) in [6.45, 7) is 4.05. The standard InChI is InChI=1S/C15H20N4OS/c1-10(12-9-19(3)18-11(12)2)16-15(21)17-13-7-5-6-8-14(13)20-4/h5-10H,1-4H3,(H2,16,17,21). The number of aryl methyl sites for hydroxylation is 2. The number of nitrogens with zero attached hydrogens (tertiary/aromatic N) is 2. The van der Waals surface area contributed by atoms with E-state index in [0.717, 1.165) is 22.7 Å². The lowest BCUT2D eigenvalue weighted by molar-refractivity contribution is 0.417. The van der Waals surface area contributed by atoms with Crippen LogP contribution in [0.3, 0.4) is 0 Å². The van der Waals surface area contributed by atoms with Crippen LogP contribution in [0.2, 0.25) is 0 Å². The van der Waals surface area contributed by atoms with Crippen molar-refractivity contribution in [2.24, 2.45) is 7.05 Å². The number of nitrogens with one attached hydrogen (secondary N) is 2. The highest BCUT2D eigenvalue weighted by Crippen LogP contribution is 2.23. The van der Waals surface area contributed by atoms with Crippen molar-refractivity contribution in [3.05, 3.63) is 41.7 Å².